The van der Waals surface area contributed by atoms with Gasteiger partial charge < -0.3 is 10.6 Å². The van der Waals surface area contributed by atoms with Crippen LogP contribution < -0.4 is 10.6 Å². The molecule has 2 rings (SSSR count). The first kappa shape index (κ1) is 13.9. The Morgan fingerprint density at radius 1 is 1.05 bits per heavy atom. The summed E-state index contributed by atoms with van der Waals surface area (Å²) in [5.41, 5.74) is 3.88. The molecule has 0 radical (unpaired) electrons. The lowest BCUT2D eigenvalue weighted by molar-refractivity contribution is -0.114. The Labute approximate surface area is 119 Å². The van der Waals surface area contributed by atoms with Crippen molar-refractivity contribution in [2.75, 3.05) is 17.2 Å². The second kappa shape index (κ2) is 6.57. The Bertz CT molecular complexity index is 605. The second-order valence-corrected chi connectivity index (χ2v) is 4.59. The molecule has 0 saturated heterocycles. The van der Waals surface area contributed by atoms with Gasteiger partial charge in [-0.2, -0.15) is 0 Å². The second-order valence-electron chi connectivity index (χ2n) is 4.59. The van der Waals surface area contributed by atoms with Gasteiger partial charge in [0.25, 0.3) is 0 Å². The van der Waals surface area contributed by atoms with Crippen LogP contribution in [0.1, 0.15) is 12.5 Å². The SMILES string of the molecule is C=C(CNc1cccc(NC(C)=O)c1)c1ccccc1. The van der Waals surface area contributed by atoms with E-state index < -0.39 is 0 Å². The van der Waals surface area contributed by atoms with E-state index in [-0.39, 0.29) is 5.91 Å². The lowest BCUT2D eigenvalue weighted by Crippen LogP contribution is -2.07. The molecule has 0 unspecified atom stereocenters. The van der Waals surface area contributed by atoms with Crippen LogP contribution in [-0.2, 0) is 4.79 Å². The molecular formula is C17H18N2O. The standard InChI is InChI=1S/C17H18N2O/c1-13(15-7-4-3-5-8-15)12-18-16-9-6-10-17(11-16)19-14(2)20/h3-11,18H,1,12H2,2H3,(H,19,20). The number of carbonyl (C=O) groups is 1. The van der Waals surface area contributed by atoms with Gasteiger partial charge in [0.2, 0.25) is 5.91 Å². The normalized spacial score (nSPS) is 9.85. The number of hydrogen-bond donors (Lipinski definition) is 2. The molecule has 20 heavy (non-hydrogen) atoms. The van der Waals surface area contributed by atoms with Crippen LogP contribution in [0.3, 0.4) is 0 Å². The zero-order valence-electron chi connectivity index (χ0n) is 11.5. The Balaban J connectivity index is 1.97. The molecule has 0 heterocycles. The first-order valence-corrected chi connectivity index (χ1v) is 6.50. The summed E-state index contributed by atoms with van der Waals surface area (Å²) < 4.78 is 0. The number of hydrogen-bond acceptors (Lipinski definition) is 2. The van der Waals surface area contributed by atoms with E-state index in [1.54, 1.807) is 0 Å². The zero-order chi connectivity index (χ0) is 14.4. The van der Waals surface area contributed by atoms with Crippen molar-refractivity contribution >= 4 is 22.9 Å². The largest absolute Gasteiger partial charge is 0.381 e. The molecule has 2 aromatic rings. The van der Waals surface area contributed by atoms with Crippen molar-refractivity contribution in [3.05, 3.63) is 66.7 Å². The van der Waals surface area contributed by atoms with Crippen LogP contribution in [0.25, 0.3) is 5.57 Å². The highest BCUT2D eigenvalue weighted by Crippen LogP contribution is 2.17. The third-order valence-corrected chi connectivity index (χ3v) is 2.87. The molecule has 2 aromatic carbocycles. The van der Waals surface area contributed by atoms with Crippen molar-refractivity contribution in [1.29, 1.82) is 0 Å². The molecule has 0 bridgehead atoms. The van der Waals surface area contributed by atoms with Crippen molar-refractivity contribution in [3.63, 3.8) is 0 Å². The smallest absolute Gasteiger partial charge is 0.221 e. The predicted octanol–water partition coefficient (Wildman–Crippen LogP) is 3.77. The average Bonchev–Trinajstić information content (AvgIpc) is 2.45. The van der Waals surface area contributed by atoms with Crippen LogP contribution in [0.4, 0.5) is 11.4 Å². The van der Waals surface area contributed by atoms with Gasteiger partial charge in [0, 0.05) is 24.8 Å². The van der Waals surface area contributed by atoms with Gasteiger partial charge in [0.1, 0.15) is 0 Å². The van der Waals surface area contributed by atoms with Gasteiger partial charge in [-0.1, -0.05) is 43.0 Å². The Kier molecular flexibility index (Phi) is 4.56. The molecule has 0 atom stereocenters. The average molecular weight is 266 g/mol. The van der Waals surface area contributed by atoms with Gasteiger partial charge in [-0.25, -0.2) is 0 Å². The van der Waals surface area contributed by atoms with Gasteiger partial charge in [0.05, 0.1) is 0 Å². The summed E-state index contributed by atoms with van der Waals surface area (Å²) in [7, 11) is 0. The molecule has 3 nitrogen and oxygen atoms in total. The van der Waals surface area contributed by atoms with E-state index in [0.29, 0.717) is 6.54 Å². The van der Waals surface area contributed by atoms with E-state index in [1.807, 2.05) is 54.6 Å². The third kappa shape index (κ3) is 3.99. The summed E-state index contributed by atoms with van der Waals surface area (Å²) in [6.07, 6.45) is 0. The van der Waals surface area contributed by atoms with Crippen molar-refractivity contribution in [3.8, 4) is 0 Å². The predicted molar refractivity (Wildman–Crippen MR) is 84.7 cm³/mol. The minimum Gasteiger partial charge on any atom is -0.381 e. The highest BCUT2D eigenvalue weighted by atomic mass is 16.1. The molecule has 2 N–H and O–H groups in total. The Hall–Kier alpha value is -2.55. The van der Waals surface area contributed by atoms with E-state index >= 15 is 0 Å². The fourth-order valence-electron chi connectivity index (χ4n) is 1.89. The molecule has 0 aliphatic rings. The van der Waals surface area contributed by atoms with E-state index in [2.05, 4.69) is 17.2 Å². The molecule has 0 aliphatic heterocycles. The maximum atomic E-state index is 11.0. The quantitative estimate of drug-likeness (QED) is 0.865. The minimum atomic E-state index is -0.0733. The fraction of sp³-hybridized carbons (Fsp3) is 0.118. The number of carbonyl (C=O) groups excluding carboxylic acids is 1. The minimum absolute atomic E-state index is 0.0733. The van der Waals surface area contributed by atoms with Gasteiger partial charge in [-0.15, -0.1) is 0 Å². The zero-order valence-corrected chi connectivity index (χ0v) is 11.5. The summed E-state index contributed by atoms with van der Waals surface area (Å²) in [6, 6.07) is 17.7. The molecule has 0 aliphatic carbocycles. The molecule has 1 amide bonds. The van der Waals surface area contributed by atoms with Crippen LogP contribution in [-0.4, -0.2) is 12.5 Å². The number of anilines is 2. The van der Waals surface area contributed by atoms with Crippen LogP contribution in [0, 0.1) is 0 Å². The fourth-order valence-corrected chi connectivity index (χ4v) is 1.89. The summed E-state index contributed by atoms with van der Waals surface area (Å²) in [5.74, 6) is -0.0733. The lowest BCUT2D eigenvalue weighted by atomic mass is 10.1. The Morgan fingerprint density at radius 3 is 2.45 bits per heavy atom. The van der Waals surface area contributed by atoms with Crippen molar-refractivity contribution in [2.24, 2.45) is 0 Å². The Morgan fingerprint density at radius 2 is 1.75 bits per heavy atom. The topological polar surface area (TPSA) is 41.1 Å². The first-order chi connectivity index (χ1) is 9.65. The number of rotatable bonds is 5. The first-order valence-electron chi connectivity index (χ1n) is 6.50. The van der Waals surface area contributed by atoms with Gasteiger partial charge in [-0.05, 0) is 29.3 Å². The monoisotopic (exact) mass is 266 g/mol. The maximum absolute atomic E-state index is 11.0. The molecule has 0 aromatic heterocycles. The molecule has 102 valence electrons. The van der Waals surface area contributed by atoms with E-state index in [4.69, 9.17) is 0 Å². The van der Waals surface area contributed by atoms with E-state index in [1.165, 1.54) is 6.92 Å². The molecule has 0 saturated carbocycles. The number of benzene rings is 2. The van der Waals surface area contributed by atoms with Gasteiger partial charge >= 0.3 is 0 Å². The van der Waals surface area contributed by atoms with Crippen LogP contribution in [0.2, 0.25) is 0 Å². The van der Waals surface area contributed by atoms with Crippen molar-refractivity contribution in [1.82, 2.24) is 0 Å². The molecular weight excluding hydrogens is 248 g/mol. The summed E-state index contributed by atoms with van der Waals surface area (Å²) >= 11 is 0. The van der Waals surface area contributed by atoms with Crippen LogP contribution in [0.5, 0.6) is 0 Å². The summed E-state index contributed by atoms with van der Waals surface area (Å²) in [4.78, 5) is 11.0. The van der Waals surface area contributed by atoms with Gasteiger partial charge in [-0.3, -0.25) is 4.79 Å². The maximum Gasteiger partial charge on any atom is 0.221 e. The van der Waals surface area contributed by atoms with Gasteiger partial charge in [0.15, 0.2) is 0 Å². The highest BCUT2D eigenvalue weighted by Gasteiger charge is 2.00. The lowest BCUT2D eigenvalue weighted by Gasteiger charge is -2.10. The van der Waals surface area contributed by atoms with E-state index in [0.717, 1.165) is 22.5 Å². The van der Waals surface area contributed by atoms with Crippen molar-refractivity contribution in [2.45, 2.75) is 6.92 Å². The summed E-state index contributed by atoms with van der Waals surface area (Å²) in [6.45, 7) is 6.24. The molecule has 0 spiro atoms. The van der Waals surface area contributed by atoms with Crippen LogP contribution >= 0.6 is 0 Å². The van der Waals surface area contributed by atoms with Crippen molar-refractivity contribution < 1.29 is 4.79 Å². The van der Waals surface area contributed by atoms with Crippen LogP contribution in [0.15, 0.2) is 61.2 Å². The summed E-state index contributed by atoms with van der Waals surface area (Å²) in [5, 5.41) is 6.07. The molecule has 0 fully saturated rings. The third-order valence-electron chi connectivity index (χ3n) is 2.87. The number of nitrogens with one attached hydrogen (secondary N) is 2. The number of amides is 1. The molecule has 3 heteroatoms. The highest BCUT2D eigenvalue weighted by molar-refractivity contribution is 5.89. The van der Waals surface area contributed by atoms with E-state index in [9.17, 15) is 4.79 Å².